The number of sulfonamides is 1. The Morgan fingerprint density at radius 3 is 2.25 bits per heavy atom. The minimum Gasteiger partial charge on any atom is -0.377 e. The quantitative estimate of drug-likeness (QED) is 0.860. The van der Waals surface area contributed by atoms with Gasteiger partial charge in [0.05, 0.1) is 4.90 Å². The average molecular weight is 347 g/mol. The molecule has 2 aromatic rings. The van der Waals surface area contributed by atoms with Crippen LogP contribution in [0, 0.1) is 6.92 Å². The van der Waals surface area contributed by atoms with E-state index in [4.69, 9.17) is 5.14 Å². The van der Waals surface area contributed by atoms with Crippen molar-refractivity contribution in [3.05, 3.63) is 59.2 Å². The molecule has 0 atom stereocenters. The summed E-state index contributed by atoms with van der Waals surface area (Å²) in [7, 11) is 0.202. The second-order valence-corrected chi connectivity index (χ2v) is 7.33. The molecule has 0 bridgehead atoms. The fourth-order valence-electron chi connectivity index (χ4n) is 2.38. The van der Waals surface area contributed by atoms with E-state index in [1.165, 1.54) is 12.1 Å². The first-order valence-corrected chi connectivity index (χ1v) is 8.91. The second-order valence-electron chi connectivity index (χ2n) is 5.77. The van der Waals surface area contributed by atoms with Gasteiger partial charge in [-0.1, -0.05) is 12.1 Å². The molecule has 0 aliphatic carbocycles. The van der Waals surface area contributed by atoms with Crippen molar-refractivity contribution in [3.63, 3.8) is 0 Å². The minimum atomic E-state index is -3.70. The van der Waals surface area contributed by atoms with Crippen LogP contribution >= 0.6 is 0 Å². The summed E-state index contributed by atoms with van der Waals surface area (Å²) in [5.74, 6) is -0.182. The average Bonchev–Trinajstić information content (AvgIpc) is 2.51. The predicted molar refractivity (Wildman–Crippen MR) is 94.5 cm³/mol. The number of nitrogens with zero attached hydrogens (tertiary/aromatic N) is 1. The molecule has 0 spiro atoms. The fraction of sp³-hybridized carbons (Fsp3) is 0.235. The molecular weight excluding hydrogens is 326 g/mol. The molecule has 3 N–H and O–H groups in total. The fourth-order valence-corrected chi connectivity index (χ4v) is 2.90. The van der Waals surface area contributed by atoms with Crippen LogP contribution in [0.15, 0.2) is 47.4 Å². The SMILES string of the molecule is Cc1cc(C(=O)NCc2ccc(S(N)(=O)=O)cc2)ccc1N(C)C. The molecule has 7 heteroatoms. The van der Waals surface area contributed by atoms with E-state index in [1.807, 2.05) is 38.1 Å². The van der Waals surface area contributed by atoms with Crippen LogP contribution in [-0.4, -0.2) is 28.4 Å². The van der Waals surface area contributed by atoms with Gasteiger partial charge >= 0.3 is 0 Å². The highest BCUT2D eigenvalue weighted by Gasteiger charge is 2.10. The van der Waals surface area contributed by atoms with Crippen molar-refractivity contribution < 1.29 is 13.2 Å². The van der Waals surface area contributed by atoms with Gasteiger partial charge in [0, 0.05) is 31.9 Å². The van der Waals surface area contributed by atoms with Crippen molar-refractivity contribution in [2.45, 2.75) is 18.4 Å². The van der Waals surface area contributed by atoms with Crippen LogP contribution in [0.5, 0.6) is 0 Å². The van der Waals surface area contributed by atoms with Crippen molar-refractivity contribution in [2.24, 2.45) is 5.14 Å². The summed E-state index contributed by atoms with van der Waals surface area (Å²) >= 11 is 0. The van der Waals surface area contributed by atoms with Crippen molar-refractivity contribution in [1.82, 2.24) is 5.32 Å². The predicted octanol–water partition coefficient (Wildman–Crippen LogP) is 1.64. The molecular formula is C17H21N3O3S. The van der Waals surface area contributed by atoms with Gasteiger partial charge in [-0.15, -0.1) is 0 Å². The highest BCUT2D eigenvalue weighted by atomic mass is 32.2. The smallest absolute Gasteiger partial charge is 0.251 e. The molecule has 1 amide bonds. The Hall–Kier alpha value is -2.38. The Kier molecular flexibility index (Phi) is 5.26. The monoisotopic (exact) mass is 347 g/mol. The van der Waals surface area contributed by atoms with E-state index in [-0.39, 0.29) is 10.8 Å². The van der Waals surface area contributed by atoms with Crippen LogP contribution in [0.25, 0.3) is 0 Å². The van der Waals surface area contributed by atoms with Gasteiger partial charge in [-0.3, -0.25) is 4.79 Å². The molecule has 0 aliphatic heterocycles. The van der Waals surface area contributed by atoms with Gasteiger partial charge in [0.2, 0.25) is 10.0 Å². The summed E-state index contributed by atoms with van der Waals surface area (Å²) in [5, 5.41) is 7.87. The molecule has 2 aromatic carbocycles. The summed E-state index contributed by atoms with van der Waals surface area (Å²) in [6, 6.07) is 11.6. The minimum absolute atomic E-state index is 0.0486. The number of rotatable bonds is 5. The number of carbonyl (C=O) groups excluding carboxylic acids is 1. The normalized spacial score (nSPS) is 11.2. The largest absolute Gasteiger partial charge is 0.377 e. The standard InChI is InChI=1S/C17H21N3O3S/c1-12-10-14(6-9-16(12)20(2)3)17(21)19-11-13-4-7-15(8-5-13)24(18,22)23/h4-10H,11H2,1-3H3,(H,19,21)(H2,18,22,23). The van der Waals surface area contributed by atoms with E-state index in [2.05, 4.69) is 5.32 Å². The number of hydrogen-bond acceptors (Lipinski definition) is 4. The first-order chi connectivity index (χ1) is 11.2. The van der Waals surface area contributed by atoms with E-state index in [1.54, 1.807) is 18.2 Å². The van der Waals surface area contributed by atoms with Gasteiger partial charge in [0.1, 0.15) is 0 Å². The first kappa shape index (κ1) is 18.0. The Labute approximate surface area is 142 Å². The molecule has 24 heavy (non-hydrogen) atoms. The van der Waals surface area contributed by atoms with Gasteiger partial charge in [0.15, 0.2) is 0 Å². The van der Waals surface area contributed by atoms with E-state index in [0.29, 0.717) is 12.1 Å². The maximum absolute atomic E-state index is 12.2. The van der Waals surface area contributed by atoms with Crippen LogP contribution in [0.2, 0.25) is 0 Å². The number of amides is 1. The Morgan fingerprint density at radius 2 is 1.75 bits per heavy atom. The van der Waals surface area contributed by atoms with Crippen LogP contribution in [0.1, 0.15) is 21.5 Å². The first-order valence-electron chi connectivity index (χ1n) is 7.36. The summed E-state index contributed by atoms with van der Waals surface area (Å²) in [6.07, 6.45) is 0. The molecule has 128 valence electrons. The van der Waals surface area contributed by atoms with E-state index < -0.39 is 10.0 Å². The van der Waals surface area contributed by atoms with Gasteiger partial charge in [-0.05, 0) is 48.4 Å². The zero-order valence-electron chi connectivity index (χ0n) is 13.9. The third-order valence-corrected chi connectivity index (χ3v) is 4.57. The van der Waals surface area contributed by atoms with Gasteiger partial charge in [-0.2, -0.15) is 0 Å². The molecule has 0 unspecified atom stereocenters. The lowest BCUT2D eigenvalue weighted by Crippen LogP contribution is -2.23. The summed E-state index contributed by atoms with van der Waals surface area (Å²) < 4.78 is 22.4. The maximum Gasteiger partial charge on any atom is 0.251 e. The highest BCUT2D eigenvalue weighted by molar-refractivity contribution is 7.89. The molecule has 0 saturated carbocycles. The van der Waals surface area contributed by atoms with Gasteiger partial charge in [-0.25, -0.2) is 13.6 Å². The summed E-state index contributed by atoms with van der Waals surface area (Å²) in [6.45, 7) is 2.26. The van der Waals surface area contributed by atoms with Crippen molar-refractivity contribution in [2.75, 3.05) is 19.0 Å². The number of nitrogens with two attached hydrogens (primary N) is 1. The van der Waals surface area contributed by atoms with E-state index in [0.717, 1.165) is 16.8 Å². The maximum atomic E-state index is 12.2. The molecule has 2 rings (SSSR count). The zero-order chi connectivity index (χ0) is 17.9. The third kappa shape index (κ3) is 4.33. The van der Waals surface area contributed by atoms with Crippen molar-refractivity contribution in [1.29, 1.82) is 0 Å². The highest BCUT2D eigenvalue weighted by Crippen LogP contribution is 2.19. The van der Waals surface area contributed by atoms with Crippen molar-refractivity contribution >= 4 is 21.6 Å². The molecule has 6 nitrogen and oxygen atoms in total. The van der Waals surface area contributed by atoms with E-state index >= 15 is 0 Å². The molecule has 0 aromatic heterocycles. The number of anilines is 1. The molecule has 0 aliphatic rings. The molecule has 0 radical (unpaired) electrons. The summed E-state index contributed by atoms with van der Waals surface area (Å²) in [5.41, 5.74) is 3.45. The van der Waals surface area contributed by atoms with Gasteiger partial charge < -0.3 is 10.2 Å². The number of hydrogen-bond donors (Lipinski definition) is 2. The van der Waals surface area contributed by atoms with Crippen molar-refractivity contribution in [3.8, 4) is 0 Å². The Bertz CT molecular complexity index is 844. The van der Waals surface area contributed by atoms with Gasteiger partial charge in [0.25, 0.3) is 5.91 Å². The zero-order valence-corrected chi connectivity index (χ0v) is 14.7. The second kappa shape index (κ2) is 7.02. The number of carbonyl (C=O) groups is 1. The summed E-state index contributed by atoms with van der Waals surface area (Å²) in [4.78, 5) is 14.3. The number of primary sulfonamides is 1. The number of benzene rings is 2. The van der Waals surface area contributed by atoms with E-state index in [9.17, 15) is 13.2 Å². The number of aryl methyl sites for hydroxylation is 1. The topological polar surface area (TPSA) is 92.5 Å². The third-order valence-electron chi connectivity index (χ3n) is 3.65. The van der Waals surface area contributed by atoms with Crippen LogP contribution in [0.4, 0.5) is 5.69 Å². The Morgan fingerprint density at radius 1 is 1.12 bits per heavy atom. The molecule has 0 saturated heterocycles. The lowest BCUT2D eigenvalue weighted by Gasteiger charge is -2.16. The van der Waals surface area contributed by atoms with Crippen LogP contribution in [0.3, 0.4) is 0 Å². The lowest BCUT2D eigenvalue weighted by atomic mass is 10.1. The molecule has 0 fully saturated rings. The Balaban J connectivity index is 2.04. The van der Waals surface area contributed by atoms with Crippen LogP contribution in [-0.2, 0) is 16.6 Å². The number of nitrogens with one attached hydrogen (secondary N) is 1. The molecule has 0 heterocycles. The van der Waals surface area contributed by atoms with Crippen LogP contribution < -0.4 is 15.4 Å². The lowest BCUT2D eigenvalue weighted by molar-refractivity contribution is 0.0951.